The van der Waals surface area contributed by atoms with E-state index in [1.807, 2.05) is 0 Å². The predicted molar refractivity (Wildman–Crippen MR) is 66.8 cm³/mol. The van der Waals surface area contributed by atoms with Gasteiger partial charge in [0.25, 0.3) is 16.1 Å². The summed E-state index contributed by atoms with van der Waals surface area (Å²) in [4.78, 5) is 14.0. The van der Waals surface area contributed by atoms with Gasteiger partial charge in [-0.25, -0.2) is 9.78 Å². The van der Waals surface area contributed by atoms with E-state index in [1.165, 1.54) is 6.07 Å². The van der Waals surface area contributed by atoms with Crippen LogP contribution in [-0.4, -0.2) is 19.5 Å². The Balaban J connectivity index is 2.89. The van der Waals surface area contributed by atoms with E-state index in [-0.39, 0.29) is 15.6 Å². The van der Waals surface area contributed by atoms with Crippen molar-refractivity contribution in [2.45, 2.75) is 11.8 Å². The SMILES string of the molecule is Cc1cc2cccc(S(=O)(=O)N=C=O)c2nc1Cl. The van der Waals surface area contributed by atoms with E-state index >= 15 is 0 Å². The molecule has 0 amide bonds. The normalized spacial score (nSPS) is 11.2. The number of halogens is 1. The fourth-order valence-electron chi connectivity index (χ4n) is 1.56. The zero-order valence-corrected chi connectivity index (χ0v) is 10.8. The average molecular weight is 283 g/mol. The fourth-order valence-corrected chi connectivity index (χ4v) is 2.55. The van der Waals surface area contributed by atoms with Gasteiger partial charge in [-0.05, 0) is 24.6 Å². The van der Waals surface area contributed by atoms with Gasteiger partial charge in [-0.3, -0.25) is 0 Å². The second-order valence-electron chi connectivity index (χ2n) is 3.58. The van der Waals surface area contributed by atoms with E-state index in [1.54, 1.807) is 25.1 Å². The van der Waals surface area contributed by atoms with Crippen LogP contribution in [0.3, 0.4) is 0 Å². The van der Waals surface area contributed by atoms with Gasteiger partial charge in [0, 0.05) is 5.39 Å². The molecular weight excluding hydrogens is 276 g/mol. The maximum atomic E-state index is 11.7. The molecule has 0 aliphatic rings. The van der Waals surface area contributed by atoms with E-state index in [2.05, 4.69) is 9.38 Å². The highest BCUT2D eigenvalue weighted by atomic mass is 35.5. The molecule has 2 aromatic rings. The molecule has 0 saturated carbocycles. The summed E-state index contributed by atoms with van der Waals surface area (Å²) in [7, 11) is -4.09. The fraction of sp³-hybridized carbons (Fsp3) is 0.0909. The van der Waals surface area contributed by atoms with E-state index in [4.69, 9.17) is 11.6 Å². The molecule has 1 aromatic heterocycles. The summed E-state index contributed by atoms with van der Waals surface area (Å²) >= 11 is 5.87. The van der Waals surface area contributed by atoms with Crippen LogP contribution in [0.5, 0.6) is 0 Å². The summed E-state index contributed by atoms with van der Waals surface area (Å²) in [6, 6.07) is 6.28. The van der Waals surface area contributed by atoms with Crippen LogP contribution in [0, 0.1) is 6.92 Å². The van der Waals surface area contributed by atoms with Crippen molar-refractivity contribution in [3.05, 3.63) is 35.0 Å². The lowest BCUT2D eigenvalue weighted by molar-refractivity contribution is 0.563. The topological polar surface area (TPSA) is 76.5 Å². The van der Waals surface area contributed by atoms with E-state index in [0.717, 1.165) is 11.6 Å². The number of aromatic nitrogens is 1. The second kappa shape index (κ2) is 4.49. The number of pyridine rings is 1. The summed E-state index contributed by atoms with van der Waals surface area (Å²) in [5, 5.41) is 0.819. The number of rotatable bonds is 2. The van der Waals surface area contributed by atoms with Gasteiger partial charge in [-0.2, -0.15) is 8.42 Å². The highest BCUT2D eigenvalue weighted by Crippen LogP contribution is 2.26. The van der Waals surface area contributed by atoms with Crippen molar-refractivity contribution >= 4 is 38.6 Å². The van der Waals surface area contributed by atoms with Crippen LogP contribution < -0.4 is 0 Å². The number of sulfonamides is 1. The van der Waals surface area contributed by atoms with Crippen LogP contribution in [0.1, 0.15) is 5.56 Å². The van der Waals surface area contributed by atoms with Gasteiger partial charge in [0.1, 0.15) is 10.0 Å². The Kier molecular flexibility index (Phi) is 3.17. The smallest absolute Gasteiger partial charge is 0.234 e. The third-order valence-corrected chi connectivity index (χ3v) is 3.96. The van der Waals surface area contributed by atoms with Gasteiger partial charge in [0.15, 0.2) is 0 Å². The average Bonchev–Trinajstić information content (AvgIpc) is 2.29. The van der Waals surface area contributed by atoms with Gasteiger partial charge in [-0.15, -0.1) is 0 Å². The molecule has 1 aromatic carbocycles. The number of fused-ring (bicyclic) bond motifs is 1. The van der Waals surface area contributed by atoms with E-state index in [0.29, 0.717) is 5.39 Å². The van der Waals surface area contributed by atoms with Crippen LogP contribution in [0.25, 0.3) is 10.9 Å². The number of hydrogen-bond acceptors (Lipinski definition) is 4. The Bertz CT molecular complexity index is 780. The van der Waals surface area contributed by atoms with Crippen molar-refractivity contribution < 1.29 is 13.2 Å². The van der Waals surface area contributed by atoms with Crippen molar-refractivity contribution in [3.8, 4) is 0 Å². The summed E-state index contributed by atoms with van der Waals surface area (Å²) in [6.45, 7) is 1.76. The zero-order valence-electron chi connectivity index (χ0n) is 9.21. The highest BCUT2D eigenvalue weighted by Gasteiger charge is 2.18. The number of isocyanates is 1. The standard InChI is InChI=1S/C11H7ClN2O3S/c1-7-5-8-3-2-4-9(10(8)14-11(7)12)18(16,17)13-6-15/h2-5H,1H3. The molecule has 18 heavy (non-hydrogen) atoms. The first-order valence-electron chi connectivity index (χ1n) is 4.86. The molecule has 0 spiro atoms. The number of hydrogen-bond donors (Lipinski definition) is 0. The molecule has 1 heterocycles. The quantitative estimate of drug-likeness (QED) is 0.481. The number of para-hydroxylation sites is 1. The number of nitrogens with zero attached hydrogens (tertiary/aromatic N) is 2. The Morgan fingerprint density at radius 2 is 2.11 bits per heavy atom. The first kappa shape index (κ1) is 12.7. The van der Waals surface area contributed by atoms with Crippen molar-refractivity contribution in [2.75, 3.05) is 0 Å². The minimum absolute atomic E-state index is 0.162. The molecule has 92 valence electrons. The molecule has 0 fully saturated rings. The summed E-state index contributed by atoms with van der Waals surface area (Å²) in [5.41, 5.74) is 0.921. The van der Waals surface area contributed by atoms with Crippen LogP contribution in [-0.2, 0) is 14.8 Å². The lowest BCUT2D eigenvalue weighted by Gasteiger charge is -2.05. The molecule has 0 aliphatic carbocycles. The van der Waals surface area contributed by atoms with Gasteiger partial charge >= 0.3 is 0 Å². The van der Waals surface area contributed by atoms with E-state index in [9.17, 15) is 13.2 Å². The van der Waals surface area contributed by atoms with Crippen molar-refractivity contribution in [1.82, 2.24) is 4.98 Å². The first-order valence-corrected chi connectivity index (χ1v) is 6.67. The maximum absolute atomic E-state index is 11.7. The molecule has 0 atom stereocenters. The molecule has 0 N–H and O–H groups in total. The molecule has 2 rings (SSSR count). The largest absolute Gasteiger partial charge is 0.294 e. The van der Waals surface area contributed by atoms with E-state index < -0.39 is 10.0 Å². The minimum Gasteiger partial charge on any atom is -0.234 e. The lowest BCUT2D eigenvalue weighted by atomic mass is 10.2. The molecule has 0 aliphatic heterocycles. The highest BCUT2D eigenvalue weighted by molar-refractivity contribution is 7.90. The molecule has 0 saturated heterocycles. The summed E-state index contributed by atoms with van der Waals surface area (Å²) in [5.74, 6) is 0. The molecule has 0 unspecified atom stereocenters. The molecule has 5 nitrogen and oxygen atoms in total. The Labute approximate surface area is 108 Å². The summed E-state index contributed by atoms with van der Waals surface area (Å²) in [6.07, 6.45) is 1.02. The van der Waals surface area contributed by atoms with Crippen molar-refractivity contribution in [1.29, 1.82) is 0 Å². The Hall–Kier alpha value is -1.75. The maximum Gasteiger partial charge on any atom is 0.294 e. The molecule has 0 radical (unpaired) electrons. The molecular formula is C11H7ClN2O3S. The van der Waals surface area contributed by atoms with Crippen LogP contribution in [0.2, 0.25) is 5.15 Å². The van der Waals surface area contributed by atoms with Gasteiger partial charge in [0.2, 0.25) is 0 Å². The molecule has 0 bridgehead atoms. The van der Waals surface area contributed by atoms with Gasteiger partial charge in [0.05, 0.1) is 5.52 Å². The van der Waals surface area contributed by atoms with Crippen molar-refractivity contribution in [2.24, 2.45) is 4.40 Å². The molecule has 7 heteroatoms. The third kappa shape index (κ3) is 2.13. The monoisotopic (exact) mass is 282 g/mol. The number of aryl methyl sites for hydroxylation is 1. The lowest BCUT2D eigenvalue weighted by Crippen LogP contribution is -1.99. The second-order valence-corrected chi connectivity index (χ2v) is 5.51. The van der Waals surface area contributed by atoms with Crippen molar-refractivity contribution in [3.63, 3.8) is 0 Å². The van der Waals surface area contributed by atoms with Crippen LogP contribution in [0.15, 0.2) is 33.6 Å². The number of benzene rings is 1. The number of carbonyl (C=O) groups excluding carboxylic acids is 1. The third-order valence-electron chi connectivity index (χ3n) is 2.37. The van der Waals surface area contributed by atoms with Crippen LogP contribution >= 0.6 is 11.6 Å². The Morgan fingerprint density at radius 3 is 2.78 bits per heavy atom. The summed E-state index contributed by atoms with van der Waals surface area (Å²) < 4.78 is 26.3. The van der Waals surface area contributed by atoms with Crippen LogP contribution in [0.4, 0.5) is 0 Å². The van der Waals surface area contributed by atoms with Gasteiger partial charge in [-0.1, -0.05) is 28.1 Å². The minimum atomic E-state index is -4.09. The van der Waals surface area contributed by atoms with Gasteiger partial charge < -0.3 is 0 Å². The zero-order chi connectivity index (χ0) is 13.3. The predicted octanol–water partition coefficient (Wildman–Crippen LogP) is 2.22. The first-order chi connectivity index (χ1) is 8.45. The Morgan fingerprint density at radius 1 is 1.39 bits per heavy atom.